The Morgan fingerprint density at radius 3 is 2.81 bits per heavy atom. The van der Waals surface area contributed by atoms with Gasteiger partial charge in [0.05, 0.1) is 0 Å². The molecule has 1 heterocycles. The quantitative estimate of drug-likeness (QED) is 0.798. The van der Waals surface area contributed by atoms with Crippen molar-refractivity contribution >= 4 is 22.4 Å². The predicted molar refractivity (Wildman–Crippen MR) is 67.8 cm³/mol. The Bertz CT molecular complexity index is 383. The van der Waals surface area contributed by atoms with E-state index in [0.717, 1.165) is 6.42 Å². The van der Waals surface area contributed by atoms with Gasteiger partial charge < -0.3 is 11.1 Å². The van der Waals surface area contributed by atoms with Gasteiger partial charge in [0, 0.05) is 41.3 Å². The minimum absolute atomic E-state index is 0.102. The maximum Gasteiger partial charge on any atom is 0.132 e. The largest absolute Gasteiger partial charge is 0.384 e. The van der Waals surface area contributed by atoms with Crippen molar-refractivity contribution in [3.05, 3.63) is 11.9 Å². The number of aryl methyl sites for hydroxylation is 1. The van der Waals surface area contributed by atoms with E-state index in [1.54, 1.807) is 12.3 Å². The third kappa shape index (κ3) is 4.14. The molecule has 0 bridgehead atoms. The molecule has 1 aromatic rings. The molecule has 6 heteroatoms. The fraction of sp³-hybridized carbons (Fsp3) is 0.600. The highest BCUT2D eigenvalue weighted by Crippen LogP contribution is 2.10. The van der Waals surface area contributed by atoms with Crippen LogP contribution in [0.4, 0.5) is 11.6 Å². The fourth-order valence-corrected chi connectivity index (χ4v) is 2.18. The monoisotopic (exact) mass is 242 g/mol. The number of hydrogen-bond acceptors (Lipinski definition) is 5. The van der Waals surface area contributed by atoms with Crippen molar-refractivity contribution in [2.75, 3.05) is 23.1 Å². The average Bonchev–Trinajstić information content (AvgIpc) is 2.14. The van der Waals surface area contributed by atoms with Crippen LogP contribution in [0.1, 0.15) is 19.7 Å². The van der Waals surface area contributed by atoms with Gasteiger partial charge in [0.1, 0.15) is 17.5 Å². The number of nitrogens with zero attached hydrogens (tertiary/aromatic N) is 2. The highest BCUT2D eigenvalue weighted by Gasteiger charge is 2.07. The summed E-state index contributed by atoms with van der Waals surface area (Å²) in [5.74, 6) is 2.46. The van der Waals surface area contributed by atoms with Crippen LogP contribution < -0.4 is 11.1 Å². The number of rotatable bonds is 5. The first-order valence-corrected chi connectivity index (χ1v) is 6.94. The van der Waals surface area contributed by atoms with Gasteiger partial charge in [-0.3, -0.25) is 4.21 Å². The lowest BCUT2D eigenvalue weighted by atomic mass is 10.3. The second kappa shape index (κ2) is 5.79. The lowest BCUT2D eigenvalue weighted by molar-refractivity contribution is 0.683. The van der Waals surface area contributed by atoms with Crippen LogP contribution in [-0.4, -0.2) is 32.2 Å². The Kier molecular flexibility index (Phi) is 4.67. The average molecular weight is 242 g/mol. The van der Waals surface area contributed by atoms with E-state index in [0.29, 0.717) is 23.2 Å². The van der Waals surface area contributed by atoms with Gasteiger partial charge in [-0.2, -0.15) is 0 Å². The SMILES string of the molecule is CCc1nc(N)cc(NC(C)CS(C)=O)n1. The minimum Gasteiger partial charge on any atom is -0.384 e. The molecular weight excluding hydrogens is 224 g/mol. The highest BCUT2D eigenvalue weighted by atomic mass is 32.2. The number of hydrogen-bond donors (Lipinski definition) is 2. The highest BCUT2D eigenvalue weighted by molar-refractivity contribution is 7.84. The number of anilines is 2. The summed E-state index contributed by atoms with van der Waals surface area (Å²) >= 11 is 0. The molecule has 2 unspecified atom stereocenters. The molecule has 0 aliphatic heterocycles. The molecule has 3 N–H and O–H groups in total. The number of nitrogens with one attached hydrogen (secondary N) is 1. The molecular formula is C10H18N4OS. The van der Waals surface area contributed by atoms with Gasteiger partial charge >= 0.3 is 0 Å². The van der Waals surface area contributed by atoms with Gasteiger partial charge in [-0.15, -0.1) is 0 Å². The summed E-state index contributed by atoms with van der Waals surface area (Å²) in [6.45, 7) is 3.94. The van der Waals surface area contributed by atoms with Gasteiger partial charge in [-0.05, 0) is 6.92 Å². The van der Waals surface area contributed by atoms with Crippen molar-refractivity contribution in [1.82, 2.24) is 9.97 Å². The van der Waals surface area contributed by atoms with Crippen molar-refractivity contribution in [1.29, 1.82) is 0 Å². The molecule has 0 fully saturated rings. The lowest BCUT2D eigenvalue weighted by Gasteiger charge is -2.13. The van der Waals surface area contributed by atoms with E-state index in [1.165, 1.54) is 0 Å². The number of nitrogens with two attached hydrogens (primary N) is 1. The summed E-state index contributed by atoms with van der Waals surface area (Å²) in [5.41, 5.74) is 5.66. The van der Waals surface area contributed by atoms with Crippen LogP contribution in [-0.2, 0) is 17.2 Å². The van der Waals surface area contributed by atoms with Crippen LogP contribution in [0.25, 0.3) is 0 Å². The van der Waals surface area contributed by atoms with E-state index in [9.17, 15) is 4.21 Å². The van der Waals surface area contributed by atoms with E-state index >= 15 is 0 Å². The summed E-state index contributed by atoms with van der Waals surface area (Å²) in [4.78, 5) is 8.39. The van der Waals surface area contributed by atoms with Crippen molar-refractivity contribution in [3.63, 3.8) is 0 Å². The zero-order valence-electron chi connectivity index (χ0n) is 9.86. The Morgan fingerprint density at radius 1 is 1.56 bits per heavy atom. The smallest absolute Gasteiger partial charge is 0.132 e. The normalized spacial score (nSPS) is 14.4. The summed E-state index contributed by atoms with van der Waals surface area (Å²) in [6.07, 6.45) is 2.43. The third-order valence-corrected chi connectivity index (χ3v) is 2.96. The molecule has 0 saturated heterocycles. The maximum absolute atomic E-state index is 11.0. The van der Waals surface area contributed by atoms with Gasteiger partial charge in [-0.25, -0.2) is 9.97 Å². The second-order valence-corrected chi connectivity index (χ2v) is 5.21. The molecule has 0 amide bonds. The van der Waals surface area contributed by atoms with Crippen LogP contribution in [0.2, 0.25) is 0 Å². The van der Waals surface area contributed by atoms with Gasteiger partial charge in [0.25, 0.3) is 0 Å². The van der Waals surface area contributed by atoms with Crippen molar-refractivity contribution in [3.8, 4) is 0 Å². The van der Waals surface area contributed by atoms with Gasteiger partial charge in [-0.1, -0.05) is 6.92 Å². The number of aromatic nitrogens is 2. The first-order valence-electron chi connectivity index (χ1n) is 5.21. The Hall–Kier alpha value is -1.17. The second-order valence-electron chi connectivity index (χ2n) is 3.73. The first-order chi connectivity index (χ1) is 7.51. The Morgan fingerprint density at radius 2 is 2.25 bits per heavy atom. The van der Waals surface area contributed by atoms with Crippen molar-refractivity contribution in [2.45, 2.75) is 26.3 Å². The summed E-state index contributed by atoms with van der Waals surface area (Å²) in [5, 5.41) is 3.16. The molecule has 16 heavy (non-hydrogen) atoms. The Balaban J connectivity index is 2.72. The summed E-state index contributed by atoms with van der Waals surface area (Å²) in [6, 6.07) is 1.79. The predicted octanol–water partition coefficient (Wildman–Crippen LogP) is 0.800. The number of nitrogen functional groups attached to an aromatic ring is 1. The van der Waals surface area contributed by atoms with Crippen molar-refractivity contribution in [2.24, 2.45) is 0 Å². The molecule has 0 aromatic carbocycles. The summed E-state index contributed by atoms with van der Waals surface area (Å²) in [7, 11) is -0.819. The molecule has 0 aliphatic rings. The van der Waals surface area contributed by atoms with Crippen LogP contribution in [0.5, 0.6) is 0 Å². The molecule has 5 nitrogen and oxygen atoms in total. The van der Waals surface area contributed by atoms with E-state index in [1.807, 2.05) is 13.8 Å². The topological polar surface area (TPSA) is 80.9 Å². The first kappa shape index (κ1) is 12.9. The van der Waals surface area contributed by atoms with E-state index < -0.39 is 10.8 Å². The zero-order valence-corrected chi connectivity index (χ0v) is 10.7. The van der Waals surface area contributed by atoms with Crippen molar-refractivity contribution < 1.29 is 4.21 Å². The van der Waals surface area contributed by atoms with Crippen LogP contribution in [0.15, 0.2) is 6.07 Å². The lowest BCUT2D eigenvalue weighted by Crippen LogP contribution is -2.23. The van der Waals surface area contributed by atoms with E-state index in [-0.39, 0.29) is 6.04 Å². The minimum atomic E-state index is -0.819. The van der Waals surface area contributed by atoms with Crippen LogP contribution in [0.3, 0.4) is 0 Å². The standard InChI is InChI=1S/C10H18N4OS/c1-4-9-13-8(11)5-10(14-9)12-7(2)6-16(3)15/h5,7H,4,6H2,1-3H3,(H3,11,12,13,14). The Labute approximate surface area is 98.3 Å². The molecule has 0 spiro atoms. The molecule has 0 radical (unpaired) electrons. The summed E-state index contributed by atoms with van der Waals surface area (Å²) < 4.78 is 11.0. The molecule has 2 atom stereocenters. The molecule has 0 aliphatic carbocycles. The third-order valence-electron chi connectivity index (χ3n) is 1.99. The van der Waals surface area contributed by atoms with Gasteiger partial charge in [0.15, 0.2) is 0 Å². The van der Waals surface area contributed by atoms with Gasteiger partial charge in [0.2, 0.25) is 0 Å². The molecule has 90 valence electrons. The molecule has 0 saturated carbocycles. The fourth-order valence-electron chi connectivity index (χ4n) is 1.40. The zero-order chi connectivity index (χ0) is 12.1. The van der Waals surface area contributed by atoms with Crippen LogP contribution >= 0.6 is 0 Å². The van der Waals surface area contributed by atoms with E-state index in [4.69, 9.17) is 5.73 Å². The van der Waals surface area contributed by atoms with E-state index in [2.05, 4.69) is 15.3 Å². The molecule has 1 rings (SSSR count). The molecule has 1 aromatic heterocycles. The van der Waals surface area contributed by atoms with Crippen LogP contribution in [0, 0.1) is 0 Å². The maximum atomic E-state index is 11.0.